The first-order chi connectivity index (χ1) is 10.4. The molecule has 0 aromatic carbocycles. The Balaban J connectivity index is 1.88. The molecule has 21 heavy (non-hydrogen) atoms. The monoisotopic (exact) mass is 287 g/mol. The fourth-order valence-electron chi connectivity index (χ4n) is 6.01. The maximum absolute atomic E-state index is 10.4. The van der Waals surface area contributed by atoms with Crippen LogP contribution in [0.2, 0.25) is 0 Å². The minimum Gasteiger partial charge on any atom is -0.198 e. The fourth-order valence-corrected chi connectivity index (χ4v) is 6.01. The molecule has 118 valence electrons. The van der Waals surface area contributed by atoms with E-state index in [0.717, 1.165) is 17.8 Å². The van der Waals surface area contributed by atoms with E-state index < -0.39 is 0 Å². The molecule has 0 heterocycles. The summed E-state index contributed by atoms with van der Waals surface area (Å²) in [6, 6.07) is 3.02. The third-order valence-electron chi connectivity index (χ3n) is 7.04. The molecule has 0 bridgehead atoms. The summed E-state index contributed by atoms with van der Waals surface area (Å²) < 4.78 is 0. The molecule has 0 radical (unpaired) electrons. The van der Waals surface area contributed by atoms with Gasteiger partial charge in [-0.15, -0.1) is 0 Å². The van der Waals surface area contributed by atoms with Gasteiger partial charge >= 0.3 is 0 Å². The molecule has 3 aliphatic rings. The van der Waals surface area contributed by atoms with Gasteiger partial charge in [0.2, 0.25) is 0 Å². The van der Waals surface area contributed by atoms with E-state index in [9.17, 15) is 5.26 Å². The zero-order valence-corrected chi connectivity index (χ0v) is 13.8. The smallest absolute Gasteiger partial charge is 0.0698 e. The average Bonchev–Trinajstić information content (AvgIpc) is 2.59. The van der Waals surface area contributed by atoms with Crippen molar-refractivity contribution in [3.8, 4) is 6.07 Å². The van der Waals surface area contributed by atoms with Gasteiger partial charge in [-0.2, -0.15) is 5.26 Å². The molecule has 0 aliphatic heterocycles. The molecule has 3 saturated carbocycles. The number of rotatable bonds is 3. The molecule has 1 nitrogen and oxygen atoms in total. The third-order valence-corrected chi connectivity index (χ3v) is 7.04. The van der Waals surface area contributed by atoms with Gasteiger partial charge < -0.3 is 0 Å². The van der Waals surface area contributed by atoms with E-state index in [1.807, 2.05) is 0 Å². The molecule has 0 N–H and O–H groups in total. The number of hydrogen-bond acceptors (Lipinski definition) is 1. The Kier molecular flexibility index (Phi) is 5.25. The van der Waals surface area contributed by atoms with Crippen LogP contribution in [0.1, 0.15) is 96.3 Å². The summed E-state index contributed by atoms with van der Waals surface area (Å²) in [5.74, 6) is 2.17. The van der Waals surface area contributed by atoms with Gasteiger partial charge in [0, 0.05) is 0 Å². The van der Waals surface area contributed by atoms with Crippen molar-refractivity contribution in [2.45, 2.75) is 96.3 Å². The van der Waals surface area contributed by atoms with Crippen LogP contribution in [0.3, 0.4) is 0 Å². The molecule has 3 fully saturated rings. The van der Waals surface area contributed by atoms with E-state index in [4.69, 9.17) is 0 Å². The van der Waals surface area contributed by atoms with E-state index in [0.29, 0.717) is 0 Å². The van der Waals surface area contributed by atoms with Gasteiger partial charge in [0.25, 0.3) is 0 Å². The van der Waals surface area contributed by atoms with E-state index in [1.54, 1.807) is 0 Å². The quantitative estimate of drug-likeness (QED) is 0.603. The molecule has 0 saturated heterocycles. The van der Waals surface area contributed by atoms with E-state index in [2.05, 4.69) is 6.07 Å². The Labute approximate surface area is 131 Å². The highest BCUT2D eigenvalue weighted by atomic mass is 14.5. The van der Waals surface area contributed by atoms with Crippen molar-refractivity contribution in [2.75, 3.05) is 0 Å². The molecular weight excluding hydrogens is 254 g/mol. The summed E-state index contributed by atoms with van der Waals surface area (Å²) in [6.07, 6.45) is 20.6. The minimum atomic E-state index is 0.0568. The van der Waals surface area contributed by atoms with Crippen molar-refractivity contribution < 1.29 is 0 Å². The van der Waals surface area contributed by atoms with E-state index in [1.165, 1.54) is 96.3 Å². The van der Waals surface area contributed by atoms with Gasteiger partial charge in [-0.05, 0) is 56.3 Å². The van der Waals surface area contributed by atoms with Crippen LogP contribution in [-0.4, -0.2) is 0 Å². The SMILES string of the molecule is N#CC(C1CCCCC1)(C1CCCCC1)C1CCCCC1. The molecule has 0 aromatic rings. The molecule has 3 aliphatic carbocycles. The molecule has 0 amide bonds. The summed E-state index contributed by atoms with van der Waals surface area (Å²) in [5.41, 5.74) is 0.0568. The maximum atomic E-state index is 10.4. The zero-order chi connectivity index (χ0) is 14.5. The Hall–Kier alpha value is -0.510. The maximum Gasteiger partial charge on any atom is 0.0698 e. The van der Waals surface area contributed by atoms with Crippen LogP contribution in [0, 0.1) is 34.5 Å². The van der Waals surface area contributed by atoms with Crippen molar-refractivity contribution in [3.05, 3.63) is 0 Å². The van der Waals surface area contributed by atoms with E-state index in [-0.39, 0.29) is 5.41 Å². The van der Waals surface area contributed by atoms with E-state index >= 15 is 0 Å². The number of nitrogens with zero attached hydrogens (tertiary/aromatic N) is 1. The van der Waals surface area contributed by atoms with Gasteiger partial charge in [0.05, 0.1) is 11.5 Å². The lowest BCUT2D eigenvalue weighted by Gasteiger charge is -2.50. The second-order valence-corrected chi connectivity index (χ2v) is 8.05. The topological polar surface area (TPSA) is 23.8 Å². The van der Waals surface area contributed by atoms with Crippen LogP contribution in [-0.2, 0) is 0 Å². The molecule has 1 heteroatoms. The first kappa shape index (κ1) is 15.4. The molecular formula is C20H33N. The summed E-state index contributed by atoms with van der Waals surface area (Å²) in [7, 11) is 0. The lowest BCUT2D eigenvalue weighted by molar-refractivity contribution is 0.00223. The number of nitriles is 1. The van der Waals surface area contributed by atoms with Crippen LogP contribution >= 0.6 is 0 Å². The molecule has 0 unspecified atom stereocenters. The first-order valence-electron chi connectivity index (χ1n) is 9.79. The van der Waals surface area contributed by atoms with Crippen molar-refractivity contribution >= 4 is 0 Å². The molecule has 3 rings (SSSR count). The Morgan fingerprint density at radius 1 is 0.524 bits per heavy atom. The van der Waals surface area contributed by atoms with Crippen LogP contribution in [0.4, 0.5) is 0 Å². The van der Waals surface area contributed by atoms with Crippen LogP contribution < -0.4 is 0 Å². The molecule has 0 spiro atoms. The van der Waals surface area contributed by atoms with Gasteiger partial charge in [0.15, 0.2) is 0 Å². The Bertz CT molecular complexity index is 303. The normalized spacial score (nSPS) is 27.4. The highest BCUT2D eigenvalue weighted by Gasteiger charge is 2.51. The Morgan fingerprint density at radius 3 is 1.05 bits per heavy atom. The highest BCUT2D eigenvalue weighted by molar-refractivity contribution is 5.11. The van der Waals surface area contributed by atoms with Crippen LogP contribution in [0.25, 0.3) is 0 Å². The van der Waals surface area contributed by atoms with Crippen LogP contribution in [0.5, 0.6) is 0 Å². The van der Waals surface area contributed by atoms with Crippen molar-refractivity contribution in [2.24, 2.45) is 23.2 Å². The largest absolute Gasteiger partial charge is 0.198 e. The summed E-state index contributed by atoms with van der Waals surface area (Å²) in [5, 5.41) is 10.4. The number of hydrogen-bond donors (Lipinski definition) is 0. The predicted molar refractivity (Wildman–Crippen MR) is 87.8 cm³/mol. The van der Waals surface area contributed by atoms with Crippen molar-refractivity contribution in [3.63, 3.8) is 0 Å². The third kappa shape index (κ3) is 3.01. The Morgan fingerprint density at radius 2 is 0.810 bits per heavy atom. The van der Waals surface area contributed by atoms with Gasteiger partial charge in [-0.1, -0.05) is 57.8 Å². The summed E-state index contributed by atoms with van der Waals surface area (Å²) >= 11 is 0. The highest BCUT2D eigenvalue weighted by Crippen LogP contribution is 2.56. The van der Waals surface area contributed by atoms with Crippen LogP contribution in [0.15, 0.2) is 0 Å². The lowest BCUT2D eigenvalue weighted by atomic mass is 9.52. The van der Waals surface area contributed by atoms with Gasteiger partial charge in [-0.25, -0.2) is 0 Å². The minimum absolute atomic E-state index is 0.0568. The molecule has 0 atom stereocenters. The first-order valence-corrected chi connectivity index (χ1v) is 9.79. The van der Waals surface area contributed by atoms with Gasteiger partial charge in [-0.3, -0.25) is 0 Å². The zero-order valence-electron chi connectivity index (χ0n) is 13.8. The van der Waals surface area contributed by atoms with Crippen molar-refractivity contribution in [1.82, 2.24) is 0 Å². The summed E-state index contributed by atoms with van der Waals surface area (Å²) in [4.78, 5) is 0. The second kappa shape index (κ2) is 7.17. The van der Waals surface area contributed by atoms with Crippen molar-refractivity contribution in [1.29, 1.82) is 5.26 Å². The second-order valence-electron chi connectivity index (χ2n) is 8.05. The fraction of sp³-hybridized carbons (Fsp3) is 0.950. The summed E-state index contributed by atoms with van der Waals surface area (Å²) in [6.45, 7) is 0. The lowest BCUT2D eigenvalue weighted by Crippen LogP contribution is -2.45. The average molecular weight is 287 g/mol. The van der Waals surface area contributed by atoms with Gasteiger partial charge in [0.1, 0.15) is 0 Å². The molecule has 0 aromatic heterocycles. The predicted octanol–water partition coefficient (Wildman–Crippen LogP) is 6.24. The standard InChI is InChI=1S/C20H33N/c21-16-20(17-10-4-1-5-11-17,18-12-6-2-7-13-18)19-14-8-3-9-15-19/h17-19H,1-15H2.